The zero-order valence-corrected chi connectivity index (χ0v) is 18.3. The molecule has 1 aliphatic heterocycles. The lowest BCUT2D eigenvalue weighted by molar-refractivity contribution is 0.0746. The number of halogens is 2. The third kappa shape index (κ3) is 4.46. The van der Waals surface area contributed by atoms with Crippen LogP contribution >= 0.6 is 34.5 Å². The third-order valence-electron chi connectivity index (χ3n) is 4.97. The number of thiophene rings is 1. The topological polar surface area (TPSA) is 52.7 Å². The first-order valence-electron chi connectivity index (χ1n) is 9.46. The van der Waals surface area contributed by atoms with Gasteiger partial charge >= 0.3 is 0 Å². The summed E-state index contributed by atoms with van der Waals surface area (Å²) < 4.78 is 0. The molecule has 3 aromatic rings. The molecule has 0 atom stereocenters. The number of nitrogens with one attached hydrogen (secondary N) is 1. The first-order chi connectivity index (χ1) is 14.5. The number of piperazine rings is 1. The van der Waals surface area contributed by atoms with Crippen molar-refractivity contribution < 1.29 is 9.59 Å². The summed E-state index contributed by atoms with van der Waals surface area (Å²) in [7, 11) is 0. The number of para-hydroxylation sites is 1. The summed E-state index contributed by atoms with van der Waals surface area (Å²) in [6, 6.07) is 16.2. The van der Waals surface area contributed by atoms with E-state index in [4.69, 9.17) is 23.2 Å². The highest BCUT2D eigenvalue weighted by atomic mass is 35.5. The van der Waals surface area contributed by atoms with Crippen LogP contribution < -0.4 is 10.2 Å². The Kier molecular flexibility index (Phi) is 6.27. The van der Waals surface area contributed by atoms with Crippen LogP contribution in [0, 0.1) is 0 Å². The molecule has 0 spiro atoms. The van der Waals surface area contributed by atoms with Gasteiger partial charge in [-0.2, -0.15) is 0 Å². The minimum atomic E-state index is -0.246. The Morgan fingerprint density at radius 1 is 0.900 bits per heavy atom. The summed E-state index contributed by atoms with van der Waals surface area (Å²) in [4.78, 5) is 29.9. The first-order valence-corrected chi connectivity index (χ1v) is 11.1. The summed E-state index contributed by atoms with van der Waals surface area (Å²) >= 11 is 13.9. The molecule has 30 heavy (non-hydrogen) atoms. The molecular weight excluding hydrogens is 441 g/mol. The lowest BCUT2D eigenvalue weighted by Crippen LogP contribution is -2.48. The Morgan fingerprint density at radius 3 is 2.37 bits per heavy atom. The Balaban J connectivity index is 1.44. The number of benzene rings is 2. The Hall–Kier alpha value is -2.54. The molecule has 2 amide bonds. The number of carbonyl (C=O) groups excluding carboxylic acids is 2. The van der Waals surface area contributed by atoms with Crippen molar-refractivity contribution in [3.8, 4) is 0 Å². The van der Waals surface area contributed by atoms with Gasteiger partial charge in [0.2, 0.25) is 0 Å². The second-order valence-electron chi connectivity index (χ2n) is 6.86. The maximum atomic E-state index is 13.0. The maximum absolute atomic E-state index is 13.0. The van der Waals surface area contributed by atoms with Crippen LogP contribution in [0.1, 0.15) is 20.0 Å². The van der Waals surface area contributed by atoms with E-state index in [-0.39, 0.29) is 11.8 Å². The molecule has 1 N–H and O–H groups in total. The van der Waals surface area contributed by atoms with Crippen molar-refractivity contribution in [2.45, 2.75) is 0 Å². The summed E-state index contributed by atoms with van der Waals surface area (Å²) in [5.41, 5.74) is 1.90. The highest BCUT2D eigenvalue weighted by Crippen LogP contribution is 2.28. The van der Waals surface area contributed by atoms with Crippen LogP contribution in [0.15, 0.2) is 60.0 Å². The van der Waals surface area contributed by atoms with E-state index in [1.807, 2.05) is 35.7 Å². The highest BCUT2D eigenvalue weighted by molar-refractivity contribution is 7.12. The standard InChI is InChI=1S/C22H19Cl2N3O2S/c23-16-8-7-15(14-18(16)25-21(28)20-6-3-13-30-20)22(29)27-11-9-26(10-12-27)19-5-2-1-4-17(19)24/h1-8,13-14H,9-12H2,(H,25,28). The van der Waals surface area contributed by atoms with Crippen molar-refractivity contribution in [1.82, 2.24) is 4.90 Å². The smallest absolute Gasteiger partial charge is 0.265 e. The van der Waals surface area contributed by atoms with E-state index in [1.54, 1.807) is 29.2 Å². The third-order valence-corrected chi connectivity index (χ3v) is 6.48. The van der Waals surface area contributed by atoms with Gasteiger partial charge in [-0.25, -0.2) is 0 Å². The molecule has 0 unspecified atom stereocenters. The van der Waals surface area contributed by atoms with Gasteiger partial charge in [0.1, 0.15) is 0 Å². The maximum Gasteiger partial charge on any atom is 0.265 e. The number of carbonyl (C=O) groups is 2. The molecule has 154 valence electrons. The average Bonchev–Trinajstić information content (AvgIpc) is 3.30. The minimum absolute atomic E-state index is 0.0860. The Labute approximate surface area is 188 Å². The van der Waals surface area contributed by atoms with Gasteiger partial charge in [-0.05, 0) is 41.8 Å². The van der Waals surface area contributed by atoms with Crippen LogP contribution in [-0.4, -0.2) is 42.9 Å². The van der Waals surface area contributed by atoms with E-state index in [9.17, 15) is 9.59 Å². The van der Waals surface area contributed by atoms with Crippen LogP contribution in [-0.2, 0) is 0 Å². The highest BCUT2D eigenvalue weighted by Gasteiger charge is 2.24. The van der Waals surface area contributed by atoms with Crippen molar-refractivity contribution in [2.24, 2.45) is 0 Å². The van der Waals surface area contributed by atoms with Crippen LogP contribution in [0.3, 0.4) is 0 Å². The molecular formula is C22H19Cl2N3O2S. The van der Waals surface area contributed by atoms with Crippen LogP contribution in [0.4, 0.5) is 11.4 Å². The number of rotatable bonds is 4. The molecule has 1 saturated heterocycles. The van der Waals surface area contributed by atoms with E-state index in [0.29, 0.717) is 52.4 Å². The molecule has 2 heterocycles. The van der Waals surface area contributed by atoms with Crippen molar-refractivity contribution >= 4 is 57.7 Å². The van der Waals surface area contributed by atoms with E-state index in [1.165, 1.54) is 11.3 Å². The number of hydrogen-bond acceptors (Lipinski definition) is 4. The number of hydrogen-bond donors (Lipinski definition) is 1. The van der Waals surface area contributed by atoms with Crippen molar-refractivity contribution in [2.75, 3.05) is 36.4 Å². The lowest BCUT2D eigenvalue weighted by Gasteiger charge is -2.36. The zero-order chi connectivity index (χ0) is 21.1. The zero-order valence-electron chi connectivity index (χ0n) is 16.0. The van der Waals surface area contributed by atoms with Gasteiger partial charge in [0, 0.05) is 31.7 Å². The molecule has 1 aromatic heterocycles. The van der Waals surface area contributed by atoms with E-state index in [2.05, 4.69) is 10.2 Å². The van der Waals surface area contributed by atoms with Gasteiger partial charge in [0.05, 0.1) is 26.3 Å². The van der Waals surface area contributed by atoms with Gasteiger partial charge < -0.3 is 15.1 Å². The summed E-state index contributed by atoms with van der Waals surface area (Å²) in [5, 5.41) is 5.72. The fourth-order valence-electron chi connectivity index (χ4n) is 3.39. The number of amides is 2. The molecule has 1 aliphatic rings. The quantitative estimate of drug-likeness (QED) is 0.577. The molecule has 0 aliphatic carbocycles. The first kappa shape index (κ1) is 20.7. The second-order valence-corrected chi connectivity index (χ2v) is 8.62. The van der Waals surface area contributed by atoms with Crippen LogP contribution in [0.2, 0.25) is 10.0 Å². The molecule has 0 saturated carbocycles. The van der Waals surface area contributed by atoms with Gasteiger partial charge in [0.15, 0.2) is 0 Å². The molecule has 2 aromatic carbocycles. The van der Waals surface area contributed by atoms with E-state index >= 15 is 0 Å². The molecule has 0 bridgehead atoms. The van der Waals surface area contributed by atoms with Crippen LogP contribution in [0.5, 0.6) is 0 Å². The van der Waals surface area contributed by atoms with Crippen LogP contribution in [0.25, 0.3) is 0 Å². The van der Waals surface area contributed by atoms with Gasteiger partial charge in [-0.1, -0.05) is 41.4 Å². The van der Waals surface area contributed by atoms with Crippen molar-refractivity contribution in [3.63, 3.8) is 0 Å². The molecule has 4 rings (SSSR count). The van der Waals surface area contributed by atoms with Crippen molar-refractivity contribution in [1.29, 1.82) is 0 Å². The fraction of sp³-hybridized carbons (Fsp3) is 0.182. The predicted molar refractivity (Wildman–Crippen MR) is 123 cm³/mol. The molecule has 0 radical (unpaired) electrons. The van der Waals surface area contributed by atoms with E-state index < -0.39 is 0 Å². The summed E-state index contributed by atoms with van der Waals surface area (Å²) in [5.74, 6) is -0.332. The average molecular weight is 460 g/mol. The second kappa shape index (κ2) is 9.08. The molecule has 1 fully saturated rings. The fourth-order valence-corrected chi connectivity index (χ4v) is 4.43. The Morgan fingerprint density at radius 2 is 1.67 bits per heavy atom. The SMILES string of the molecule is O=C(Nc1cc(C(=O)N2CCN(c3ccccc3Cl)CC2)ccc1Cl)c1cccs1. The van der Waals surface area contributed by atoms with Gasteiger partial charge in [-0.15, -0.1) is 11.3 Å². The van der Waals surface area contributed by atoms with Gasteiger partial charge in [0.25, 0.3) is 11.8 Å². The molecule has 8 heteroatoms. The van der Waals surface area contributed by atoms with E-state index in [0.717, 1.165) is 5.69 Å². The summed E-state index contributed by atoms with van der Waals surface area (Å²) in [6.07, 6.45) is 0. The normalized spacial score (nSPS) is 13.9. The van der Waals surface area contributed by atoms with Crippen molar-refractivity contribution in [3.05, 3.63) is 80.5 Å². The summed E-state index contributed by atoms with van der Waals surface area (Å²) in [6.45, 7) is 2.57. The monoisotopic (exact) mass is 459 g/mol. The Bertz CT molecular complexity index is 1060. The lowest BCUT2D eigenvalue weighted by atomic mass is 10.1. The number of anilines is 2. The molecule has 5 nitrogen and oxygen atoms in total. The largest absolute Gasteiger partial charge is 0.367 e. The predicted octanol–water partition coefficient (Wildman–Crippen LogP) is 5.27. The minimum Gasteiger partial charge on any atom is -0.367 e. The number of nitrogens with zero attached hydrogens (tertiary/aromatic N) is 2. The van der Waals surface area contributed by atoms with Gasteiger partial charge in [-0.3, -0.25) is 9.59 Å².